The third-order valence-electron chi connectivity index (χ3n) is 8.66. The minimum absolute atomic E-state index is 0.0278. The molecule has 0 aromatic heterocycles. The van der Waals surface area contributed by atoms with Gasteiger partial charge in [0.05, 0.1) is 0 Å². The number of imide groups is 1. The van der Waals surface area contributed by atoms with Crippen molar-refractivity contribution in [2.24, 2.45) is 0 Å². The number of fused-ring (bicyclic) bond motifs is 1. The molecular weight excluding hydrogens is 516 g/mol. The number of anilines is 1. The molecule has 3 aromatic carbocycles. The number of nitrogens with one attached hydrogen (secondary N) is 1. The molecule has 210 valence electrons. The maximum absolute atomic E-state index is 13.0. The second-order valence-electron chi connectivity index (χ2n) is 11.3. The Morgan fingerprint density at radius 2 is 1.66 bits per heavy atom. The molecule has 3 aliphatic rings. The minimum Gasteiger partial charge on any atom is -0.322 e. The number of likely N-dealkylation sites (tertiary alicyclic amines) is 1. The molecule has 3 aliphatic heterocycles. The van der Waals surface area contributed by atoms with Crippen molar-refractivity contribution in [3.8, 4) is 0 Å². The summed E-state index contributed by atoms with van der Waals surface area (Å²) in [6, 6.07) is 23.1. The van der Waals surface area contributed by atoms with Gasteiger partial charge in [-0.1, -0.05) is 42.5 Å². The molecule has 6 rings (SSSR count). The van der Waals surface area contributed by atoms with Gasteiger partial charge in [-0.25, -0.2) is 0 Å². The lowest BCUT2D eigenvalue weighted by molar-refractivity contribution is -0.136. The number of benzene rings is 3. The van der Waals surface area contributed by atoms with Crippen molar-refractivity contribution in [2.45, 2.75) is 50.7 Å². The van der Waals surface area contributed by atoms with E-state index in [0.717, 1.165) is 43.7 Å². The van der Waals surface area contributed by atoms with Crippen LogP contribution in [0.1, 0.15) is 69.0 Å². The number of carbonyl (C=O) groups is 4. The molecule has 2 fully saturated rings. The zero-order chi connectivity index (χ0) is 28.5. The summed E-state index contributed by atoms with van der Waals surface area (Å²) >= 11 is 0. The average molecular weight is 551 g/mol. The summed E-state index contributed by atoms with van der Waals surface area (Å²) in [5.41, 5.74) is 5.64. The van der Waals surface area contributed by atoms with Crippen LogP contribution in [0.15, 0.2) is 72.8 Å². The number of hydrogen-bond donors (Lipinski definition) is 1. The number of rotatable bonds is 6. The maximum Gasteiger partial charge on any atom is 0.258 e. The topological polar surface area (TPSA) is 90.0 Å². The Morgan fingerprint density at radius 3 is 2.37 bits per heavy atom. The fourth-order valence-corrected chi connectivity index (χ4v) is 6.25. The quantitative estimate of drug-likeness (QED) is 0.467. The highest BCUT2D eigenvalue weighted by Gasteiger charge is 2.39. The van der Waals surface area contributed by atoms with Gasteiger partial charge in [-0.05, 0) is 85.3 Å². The fraction of sp³-hybridized carbons (Fsp3) is 0.333. The minimum atomic E-state index is -0.585. The van der Waals surface area contributed by atoms with Crippen LogP contribution < -0.4 is 10.2 Å². The Bertz CT molecular complexity index is 1480. The van der Waals surface area contributed by atoms with Crippen LogP contribution in [0.2, 0.25) is 0 Å². The molecule has 1 N–H and O–H groups in total. The zero-order valence-corrected chi connectivity index (χ0v) is 23.2. The highest BCUT2D eigenvalue weighted by molar-refractivity contribution is 6.06. The molecule has 41 heavy (non-hydrogen) atoms. The highest BCUT2D eigenvalue weighted by Crippen LogP contribution is 2.34. The van der Waals surface area contributed by atoms with Crippen LogP contribution in [0, 0.1) is 0 Å². The summed E-state index contributed by atoms with van der Waals surface area (Å²) in [5.74, 6) is -0.379. The molecule has 0 spiro atoms. The van der Waals surface area contributed by atoms with Crippen molar-refractivity contribution in [3.63, 3.8) is 0 Å². The van der Waals surface area contributed by atoms with Crippen molar-refractivity contribution in [1.82, 2.24) is 15.1 Å². The summed E-state index contributed by atoms with van der Waals surface area (Å²) in [7, 11) is 1.80. The Labute approximate surface area is 239 Å². The van der Waals surface area contributed by atoms with Gasteiger partial charge in [0.2, 0.25) is 11.8 Å². The molecule has 0 saturated carbocycles. The van der Waals surface area contributed by atoms with Gasteiger partial charge in [-0.2, -0.15) is 0 Å². The maximum atomic E-state index is 13.0. The van der Waals surface area contributed by atoms with Gasteiger partial charge in [0.15, 0.2) is 0 Å². The first-order valence-corrected chi connectivity index (χ1v) is 14.3. The van der Waals surface area contributed by atoms with Gasteiger partial charge >= 0.3 is 0 Å². The van der Waals surface area contributed by atoms with Crippen molar-refractivity contribution >= 4 is 29.3 Å². The van der Waals surface area contributed by atoms with Gasteiger partial charge in [0, 0.05) is 43.4 Å². The van der Waals surface area contributed by atoms with Crippen molar-refractivity contribution in [3.05, 3.63) is 101 Å². The lowest BCUT2D eigenvalue weighted by atomic mass is 9.87. The van der Waals surface area contributed by atoms with E-state index in [1.165, 1.54) is 11.1 Å². The van der Waals surface area contributed by atoms with Crippen LogP contribution >= 0.6 is 0 Å². The Morgan fingerprint density at radius 1 is 0.927 bits per heavy atom. The third-order valence-corrected chi connectivity index (χ3v) is 8.66. The Balaban J connectivity index is 1.03. The monoisotopic (exact) mass is 550 g/mol. The largest absolute Gasteiger partial charge is 0.322 e. The normalized spacial score (nSPS) is 19.7. The Kier molecular flexibility index (Phi) is 7.41. The van der Waals surface area contributed by atoms with Crippen molar-refractivity contribution in [1.29, 1.82) is 0 Å². The second kappa shape index (κ2) is 11.3. The van der Waals surface area contributed by atoms with Crippen LogP contribution in [-0.4, -0.2) is 59.6 Å². The molecule has 1 unspecified atom stereocenters. The van der Waals surface area contributed by atoms with E-state index in [0.29, 0.717) is 30.0 Å². The summed E-state index contributed by atoms with van der Waals surface area (Å²) < 4.78 is 0. The second-order valence-corrected chi connectivity index (χ2v) is 11.3. The average Bonchev–Trinajstić information content (AvgIpc) is 3.32. The zero-order valence-electron chi connectivity index (χ0n) is 23.2. The van der Waals surface area contributed by atoms with Crippen LogP contribution in [0.4, 0.5) is 5.69 Å². The Hall–Kier alpha value is -4.30. The summed E-state index contributed by atoms with van der Waals surface area (Å²) in [6.07, 6.45) is 2.71. The van der Waals surface area contributed by atoms with E-state index >= 15 is 0 Å². The molecule has 2 saturated heterocycles. The van der Waals surface area contributed by atoms with E-state index in [1.54, 1.807) is 16.8 Å². The molecular formula is C33H34N4O4. The van der Waals surface area contributed by atoms with Crippen LogP contribution in [0.25, 0.3) is 0 Å². The van der Waals surface area contributed by atoms with Gasteiger partial charge < -0.3 is 9.80 Å². The number of nitrogens with zero attached hydrogens (tertiary/aromatic N) is 3. The molecule has 0 bridgehead atoms. The number of carbonyl (C=O) groups excluding carboxylic acids is 4. The van der Waals surface area contributed by atoms with Gasteiger partial charge in [-0.3, -0.25) is 29.4 Å². The summed E-state index contributed by atoms with van der Waals surface area (Å²) in [4.78, 5) is 55.4. The first-order chi connectivity index (χ1) is 19.9. The molecule has 0 aliphatic carbocycles. The van der Waals surface area contributed by atoms with Gasteiger partial charge in [0.1, 0.15) is 6.04 Å². The van der Waals surface area contributed by atoms with Gasteiger partial charge in [0.25, 0.3) is 11.8 Å². The summed E-state index contributed by atoms with van der Waals surface area (Å²) in [5, 5.41) is 2.36. The fourth-order valence-electron chi connectivity index (χ4n) is 6.25. The molecule has 8 heteroatoms. The SMILES string of the molecule is CN(C(=O)c1ccccc1)c1ccc(CN2CCC(c3ccc4c(c3)CN(C3CCC(=O)NC3=O)C4=O)CC2)cc1. The molecule has 8 nitrogen and oxygen atoms in total. The first kappa shape index (κ1) is 26.9. The van der Waals surface area contributed by atoms with Crippen molar-refractivity contribution in [2.75, 3.05) is 25.0 Å². The van der Waals surface area contributed by atoms with E-state index in [1.807, 2.05) is 48.5 Å². The highest BCUT2D eigenvalue weighted by atomic mass is 16.2. The number of hydrogen-bond acceptors (Lipinski definition) is 5. The molecule has 3 heterocycles. The van der Waals surface area contributed by atoms with Crippen LogP contribution in [0.3, 0.4) is 0 Å². The molecule has 0 radical (unpaired) electrons. The van der Waals surface area contributed by atoms with E-state index < -0.39 is 6.04 Å². The first-order valence-electron chi connectivity index (χ1n) is 14.3. The summed E-state index contributed by atoms with van der Waals surface area (Å²) in [6.45, 7) is 3.24. The number of piperidine rings is 2. The van der Waals surface area contributed by atoms with E-state index in [-0.39, 0.29) is 30.0 Å². The van der Waals surface area contributed by atoms with Crippen LogP contribution in [-0.2, 0) is 22.7 Å². The van der Waals surface area contributed by atoms with E-state index in [4.69, 9.17) is 0 Å². The molecule has 4 amide bonds. The number of amides is 4. The van der Waals surface area contributed by atoms with E-state index in [9.17, 15) is 19.2 Å². The smallest absolute Gasteiger partial charge is 0.258 e. The molecule has 1 atom stereocenters. The molecule has 3 aromatic rings. The van der Waals surface area contributed by atoms with Gasteiger partial charge in [-0.15, -0.1) is 0 Å². The van der Waals surface area contributed by atoms with Crippen molar-refractivity contribution < 1.29 is 19.2 Å². The third kappa shape index (κ3) is 5.52. The van der Waals surface area contributed by atoms with E-state index in [2.05, 4.69) is 34.5 Å². The predicted octanol–water partition coefficient (Wildman–Crippen LogP) is 4.10. The lowest BCUT2D eigenvalue weighted by Crippen LogP contribution is -2.52. The standard InChI is InChI=1S/C33H34N4O4/c1-35(32(40)24-5-3-2-4-6-24)27-10-7-22(8-11-27)20-36-17-15-23(16-18-36)25-9-12-28-26(19-25)21-37(33(28)41)29-13-14-30(38)34-31(29)39/h2-12,19,23,29H,13-18,20-21H2,1H3,(H,34,38,39). The lowest BCUT2D eigenvalue weighted by Gasteiger charge is -2.32. The predicted molar refractivity (Wildman–Crippen MR) is 155 cm³/mol. The van der Waals surface area contributed by atoms with Crippen LogP contribution in [0.5, 0.6) is 0 Å².